The van der Waals surface area contributed by atoms with Crippen LogP contribution in [0.1, 0.15) is 22.0 Å². The number of aryl methyl sites for hydroxylation is 1. The minimum atomic E-state index is -0.226. The third-order valence-corrected chi connectivity index (χ3v) is 5.21. The Morgan fingerprint density at radius 3 is 2.64 bits per heavy atom. The van der Waals surface area contributed by atoms with Crippen molar-refractivity contribution in [2.75, 3.05) is 0 Å². The van der Waals surface area contributed by atoms with E-state index in [9.17, 15) is 9.59 Å². The molecule has 0 bridgehead atoms. The first kappa shape index (κ1) is 17.6. The summed E-state index contributed by atoms with van der Waals surface area (Å²) < 4.78 is 2.15. The van der Waals surface area contributed by atoms with Gasteiger partial charge in [0.1, 0.15) is 6.54 Å². The van der Waals surface area contributed by atoms with Crippen LogP contribution in [0.15, 0.2) is 69.4 Å². The highest BCUT2D eigenvalue weighted by Gasteiger charge is 2.18. The number of amides is 1. The van der Waals surface area contributed by atoms with Crippen LogP contribution in [0.5, 0.6) is 0 Å². The van der Waals surface area contributed by atoms with Gasteiger partial charge in [-0.15, -0.1) is 11.3 Å². The largest absolute Gasteiger partial charge is 0.343 e. The fourth-order valence-corrected chi connectivity index (χ4v) is 3.70. The highest BCUT2D eigenvalue weighted by Crippen LogP contribution is 2.26. The Morgan fingerprint density at radius 2 is 1.96 bits per heavy atom. The monoisotopic (exact) mass is 416 g/mol. The van der Waals surface area contributed by atoms with Gasteiger partial charge in [-0.3, -0.25) is 9.59 Å². The fourth-order valence-electron chi connectivity index (χ4n) is 2.52. The van der Waals surface area contributed by atoms with Crippen molar-refractivity contribution < 1.29 is 4.79 Å². The maximum absolute atomic E-state index is 12.5. The molecule has 1 atom stereocenters. The predicted octanol–water partition coefficient (Wildman–Crippen LogP) is 3.89. The van der Waals surface area contributed by atoms with Crippen LogP contribution in [0, 0.1) is 6.92 Å². The molecule has 0 radical (unpaired) electrons. The summed E-state index contributed by atoms with van der Waals surface area (Å²) in [4.78, 5) is 25.5. The van der Waals surface area contributed by atoms with Crippen LogP contribution < -0.4 is 10.9 Å². The number of carbonyl (C=O) groups is 1. The molecule has 2 aromatic heterocycles. The van der Waals surface area contributed by atoms with Gasteiger partial charge in [0.05, 0.1) is 6.04 Å². The molecule has 25 heavy (non-hydrogen) atoms. The molecule has 1 aromatic carbocycles. The van der Waals surface area contributed by atoms with Crippen LogP contribution in [0.3, 0.4) is 0 Å². The van der Waals surface area contributed by atoms with Crippen molar-refractivity contribution in [1.29, 1.82) is 0 Å². The minimum absolute atomic E-state index is 0.0218. The maximum atomic E-state index is 12.5. The zero-order valence-electron chi connectivity index (χ0n) is 13.6. The molecule has 0 aliphatic carbocycles. The van der Waals surface area contributed by atoms with Crippen molar-refractivity contribution in [1.82, 2.24) is 9.88 Å². The molecule has 0 aliphatic heterocycles. The molecule has 0 fully saturated rings. The van der Waals surface area contributed by atoms with Crippen LogP contribution in [-0.2, 0) is 11.3 Å². The molecule has 3 aromatic rings. The lowest BCUT2D eigenvalue weighted by Gasteiger charge is -2.19. The Morgan fingerprint density at radius 1 is 1.20 bits per heavy atom. The number of hydrogen-bond donors (Lipinski definition) is 1. The molecule has 0 saturated heterocycles. The van der Waals surface area contributed by atoms with Gasteiger partial charge in [-0.1, -0.05) is 35.9 Å². The van der Waals surface area contributed by atoms with Crippen LogP contribution >= 0.6 is 27.3 Å². The zero-order chi connectivity index (χ0) is 17.8. The van der Waals surface area contributed by atoms with Gasteiger partial charge in [0.15, 0.2) is 0 Å². The molecule has 6 heteroatoms. The van der Waals surface area contributed by atoms with Gasteiger partial charge in [-0.25, -0.2) is 0 Å². The molecule has 0 spiro atoms. The Hall–Kier alpha value is -2.18. The van der Waals surface area contributed by atoms with E-state index in [0.717, 1.165) is 14.9 Å². The summed E-state index contributed by atoms with van der Waals surface area (Å²) in [5, 5.41) is 5.03. The highest BCUT2D eigenvalue weighted by atomic mass is 79.9. The maximum Gasteiger partial charge on any atom is 0.251 e. The summed E-state index contributed by atoms with van der Waals surface area (Å²) in [7, 11) is 0. The summed E-state index contributed by atoms with van der Waals surface area (Å²) in [6.45, 7) is 2.01. The summed E-state index contributed by atoms with van der Waals surface area (Å²) in [5.41, 5.74) is 1.98. The molecular weight excluding hydrogens is 400 g/mol. The number of benzene rings is 1. The molecule has 1 N–H and O–H groups in total. The van der Waals surface area contributed by atoms with E-state index >= 15 is 0 Å². The van der Waals surface area contributed by atoms with E-state index in [0.29, 0.717) is 0 Å². The van der Waals surface area contributed by atoms with Gasteiger partial charge in [0, 0.05) is 21.6 Å². The third kappa shape index (κ3) is 4.46. The van der Waals surface area contributed by atoms with Crippen LogP contribution in [0.2, 0.25) is 0 Å². The molecule has 128 valence electrons. The summed E-state index contributed by atoms with van der Waals surface area (Å²) in [5.74, 6) is -0.209. The molecular formula is C19H17BrN2O2S. The van der Waals surface area contributed by atoms with E-state index < -0.39 is 0 Å². The number of nitrogens with zero attached hydrogens (tertiary/aromatic N) is 1. The minimum Gasteiger partial charge on any atom is -0.343 e. The lowest BCUT2D eigenvalue weighted by Crippen LogP contribution is -2.34. The number of pyridine rings is 1. The molecule has 0 unspecified atom stereocenters. The van der Waals surface area contributed by atoms with Gasteiger partial charge in [0.25, 0.3) is 5.56 Å². The number of rotatable bonds is 5. The van der Waals surface area contributed by atoms with Gasteiger partial charge in [-0.2, -0.15) is 0 Å². The second-order valence-corrected chi connectivity index (χ2v) is 7.64. The SMILES string of the molecule is Cc1ccc([C@H](NC(=O)Cn2cc(Br)ccc2=O)c2cccs2)cc1. The lowest BCUT2D eigenvalue weighted by atomic mass is 10.0. The number of thiophene rings is 1. The van der Waals surface area contributed by atoms with Crippen molar-refractivity contribution in [3.05, 3.63) is 90.9 Å². The highest BCUT2D eigenvalue weighted by molar-refractivity contribution is 9.10. The predicted molar refractivity (Wildman–Crippen MR) is 104 cm³/mol. The summed E-state index contributed by atoms with van der Waals surface area (Å²) in [6.07, 6.45) is 1.62. The normalized spacial score (nSPS) is 11.9. The molecule has 0 aliphatic rings. The quantitative estimate of drug-likeness (QED) is 0.685. The first-order chi connectivity index (χ1) is 12.0. The fraction of sp³-hybridized carbons (Fsp3) is 0.158. The molecule has 3 rings (SSSR count). The number of aromatic nitrogens is 1. The van der Waals surface area contributed by atoms with E-state index in [4.69, 9.17) is 0 Å². The Labute approximate surface area is 158 Å². The van der Waals surface area contributed by atoms with Crippen molar-refractivity contribution in [3.8, 4) is 0 Å². The number of halogens is 1. The first-order valence-electron chi connectivity index (χ1n) is 7.78. The van der Waals surface area contributed by atoms with Gasteiger partial charge < -0.3 is 9.88 Å². The van der Waals surface area contributed by atoms with E-state index in [1.807, 2.05) is 48.7 Å². The van der Waals surface area contributed by atoms with E-state index in [1.165, 1.54) is 16.2 Å². The molecule has 1 amide bonds. The Bertz CT molecular complexity index is 917. The van der Waals surface area contributed by atoms with Gasteiger partial charge in [0.2, 0.25) is 5.91 Å². The second-order valence-electron chi connectivity index (χ2n) is 5.74. The smallest absolute Gasteiger partial charge is 0.251 e. The van der Waals surface area contributed by atoms with Gasteiger partial charge >= 0.3 is 0 Å². The van der Waals surface area contributed by atoms with Crippen molar-refractivity contribution in [2.24, 2.45) is 0 Å². The van der Waals surface area contributed by atoms with E-state index in [2.05, 4.69) is 21.2 Å². The lowest BCUT2D eigenvalue weighted by molar-refractivity contribution is -0.122. The van der Waals surface area contributed by atoms with Crippen LogP contribution in [0.25, 0.3) is 0 Å². The number of carbonyl (C=O) groups excluding carboxylic acids is 1. The van der Waals surface area contributed by atoms with Crippen molar-refractivity contribution in [2.45, 2.75) is 19.5 Å². The van der Waals surface area contributed by atoms with Crippen LogP contribution in [-0.4, -0.2) is 10.5 Å². The second kappa shape index (κ2) is 7.80. The van der Waals surface area contributed by atoms with Gasteiger partial charge in [-0.05, 0) is 45.9 Å². The standard InChI is InChI=1S/C19H17BrN2O2S/c1-13-4-6-14(7-5-13)19(16-3-2-10-25-16)21-17(23)12-22-11-15(20)8-9-18(22)24/h2-11,19H,12H2,1H3,(H,21,23)/t19-/m0/s1. The topological polar surface area (TPSA) is 51.1 Å². The molecule has 4 nitrogen and oxygen atoms in total. The number of nitrogens with one attached hydrogen (secondary N) is 1. The average molecular weight is 417 g/mol. The van der Waals surface area contributed by atoms with Crippen LogP contribution in [0.4, 0.5) is 0 Å². The Balaban J connectivity index is 1.83. The molecule has 0 saturated carbocycles. The number of hydrogen-bond acceptors (Lipinski definition) is 3. The Kier molecular flexibility index (Phi) is 5.50. The third-order valence-electron chi connectivity index (χ3n) is 3.81. The van der Waals surface area contributed by atoms with E-state index in [-0.39, 0.29) is 24.1 Å². The van der Waals surface area contributed by atoms with E-state index in [1.54, 1.807) is 23.6 Å². The first-order valence-corrected chi connectivity index (χ1v) is 9.45. The van der Waals surface area contributed by atoms with Crippen molar-refractivity contribution >= 4 is 33.2 Å². The zero-order valence-corrected chi connectivity index (χ0v) is 16.0. The molecule has 2 heterocycles. The van der Waals surface area contributed by atoms with Crippen molar-refractivity contribution in [3.63, 3.8) is 0 Å². The average Bonchev–Trinajstić information content (AvgIpc) is 3.11. The summed E-state index contributed by atoms with van der Waals surface area (Å²) in [6, 6.07) is 14.9. The summed E-state index contributed by atoms with van der Waals surface area (Å²) >= 11 is 4.92.